The minimum absolute atomic E-state index is 0.562. The van der Waals surface area contributed by atoms with Gasteiger partial charge in [-0.15, -0.1) is 22.7 Å². The van der Waals surface area contributed by atoms with E-state index in [9.17, 15) is 0 Å². The van der Waals surface area contributed by atoms with Gasteiger partial charge in [-0.2, -0.15) is 0 Å². The van der Waals surface area contributed by atoms with E-state index in [1.165, 1.54) is 0 Å². The first-order valence-corrected chi connectivity index (χ1v) is 10.3. The summed E-state index contributed by atoms with van der Waals surface area (Å²) in [7, 11) is 2.03. The summed E-state index contributed by atoms with van der Waals surface area (Å²) in [5.74, 6) is 0.868. The van der Waals surface area contributed by atoms with Crippen LogP contribution in [-0.2, 0) is 13.1 Å². The molecule has 0 aliphatic carbocycles. The molecule has 0 unspecified atom stereocenters. The zero-order chi connectivity index (χ0) is 18.4. The Labute approximate surface area is 162 Å². The van der Waals surface area contributed by atoms with Crippen molar-refractivity contribution in [1.29, 1.82) is 0 Å². The number of aliphatic imine (C=N–C) groups is 1. The number of thiazole rings is 2. The zero-order valence-corrected chi connectivity index (χ0v) is 16.9. The van der Waals surface area contributed by atoms with Crippen molar-refractivity contribution in [1.82, 2.24) is 20.2 Å². The SMILES string of the molecule is CCNC(=NCc1csc(-c2ccccc2)n1)N(C)Cc1csc(C)n1. The Morgan fingerprint density at radius 2 is 1.88 bits per heavy atom. The molecular weight excluding hydrogens is 362 g/mol. The van der Waals surface area contributed by atoms with Gasteiger partial charge in [0.1, 0.15) is 5.01 Å². The zero-order valence-electron chi connectivity index (χ0n) is 15.3. The molecule has 0 fully saturated rings. The van der Waals surface area contributed by atoms with E-state index in [4.69, 9.17) is 9.98 Å². The van der Waals surface area contributed by atoms with E-state index in [-0.39, 0.29) is 0 Å². The number of nitrogens with zero attached hydrogens (tertiary/aromatic N) is 4. The fourth-order valence-electron chi connectivity index (χ4n) is 2.52. The average Bonchev–Trinajstić information content (AvgIpc) is 3.28. The molecule has 136 valence electrons. The number of guanidine groups is 1. The van der Waals surface area contributed by atoms with E-state index in [0.29, 0.717) is 6.54 Å². The lowest BCUT2D eigenvalue weighted by Gasteiger charge is -2.21. The number of benzene rings is 1. The molecule has 2 aromatic heterocycles. The first-order chi connectivity index (χ1) is 12.7. The molecule has 0 bridgehead atoms. The maximum atomic E-state index is 4.74. The molecule has 5 nitrogen and oxygen atoms in total. The number of aryl methyl sites for hydroxylation is 1. The highest BCUT2D eigenvalue weighted by molar-refractivity contribution is 7.13. The summed E-state index contributed by atoms with van der Waals surface area (Å²) >= 11 is 3.33. The Balaban J connectivity index is 1.68. The third-order valence-electron chi connectivity index (χ3n) is 3.73. The van der Waals surface area contributed by atoms with Crippen LogP contribution in [0.3, 0.4) is 0 Å². The number of aromatic nitrogens is 2. The van der Waals surface area contributed by atoms with Gasteiger partial charge in [-0.1, -0.05) is 30.3 Å². The van der Waals surface area contributed by atoms with Crippen molar-refractivity contribution in [3.63, 3.8) is 0 Å². The lowest BCUT2D eigenvalue weighted by Crippen LogP contribution is -2.38. The predicted molar refractivity (Wildman–Crippen MR) is 111 cm³/mol. The summed E-state index contributed by atoms with van der Waals surface area (Å²) < 4.78 is 0. The van der Waals surface area contributed by atoms with Crippen LogP contribution in [-0.4, -0.2) is 34.4 Å². The molecule has 1 N–H and O–H groups in total. The first kappa shape index (κ1) is 18.5. The Bertz CT molecular complexity index is 854. The molecule has 0 saturated heterocycles. The minimum Gasteiger partial charge on any atom is -0.357 e. The molecule has 0 aliphatic rings. The minimum atomic E-state index is 0.562. The van der Waals surface area contributed by atoms with Gasteiger partial charge in [0.05, 0.1) is 29.5 Å². The average molecular weight is 386 g/mol. The third kappa shape index (κ3) is 4.89. The number of rotatable bonds is 6. The molecule has 3 aromatic rings. The van der Waals surface area contributed by atoms with Gasteiger partial charge in [-0.3, -0.25) is 0 Å². The van der Waals surface area contributed by atoms with Crippen LogP contribution < -0.4 is 5.32 Å². The van der Waals surface area contributed by atoms with Gasteiger partial charge in [0, 0.05) is 29.9 Å². The largest absolute Gasteiger partial charge is 0.357 e. The highest BCUT2D eigenvalue weighted by Gasteiger charge is 2.09. The molecule has 0 amide bonds. The lowest BCUT2D eigenvalue weighted by molar-refractivity contribution is 0.470. The topological polar surface area (TPSA) is 53.4 Å². The quantitative estimate of drug-likeness (QED) is 0.511. The first-order valence-electron chi connectivity index (χ1n) is 8.56. The Morgan fingerprint density at radius 3 is 2.58 bits per heavy atom. The van der Waals surface area contributed by atoms with Gasteiger partial charge in [-0.05, 0) is 13.8 Å². The third-order valence-corrected chi connectivity index (χ3v) is 5.49. The van der Waals surface area contributed by atoms with Crippen LogP contribution in [0.15, 0.2) is 46.1 Å². The van der Waals surface area contributed by atoms with Gasteiger partial charge >= 0.3 is 0 Å². The van der Waals surface area contributed by atoms with Crippen molar-refractivity contribution in [3.8, 4) is 10.6 Å². The van der Waals surface area contributed by atoms with Crippen LogP contribution in [0.25, 0.3) is 10.6 Å². The molecule has 1 aromatic carbocycles. The maximum absolute atomic E-state index is 4.74. The molecule has 0 aliphatic heterocycles. The van der Waals surface area contributed by atoms with E-state index >= 15 is 0 Å². The van der Waals surface area contributed by atoms with Crippen molar-refractivity contribution < 1.29 is 0 Å². The number of hydrogen-bond acceptors (Lipinski definition) is 5. The maximum Gasteiger partial charge on any atom is 0.194 e. The van der Waals surface area contributed by atoms with E-state index in [1.54, 1.807) is 22.7 Å². The molecule has 26 heavy (non-hydrogen) atoms. The second-order valence-corrected chi connectivity index (χ2v) is 7.81. The van der Waals surface area contributed by atoms with Gasteiger partial charge in [-0.25, -0.2) is 15.0 Å². The van der Waals surface area contributed by atoms with Crippen molar-refractivity contribution in [3.05, 3.63) is 57.5 Å². The summed E-state index contributed by atoms with van der Waals surface area (Å²) in [6.45, 7) is 6.23. The molecule has 0 radical (unpaired) electrons. The fourth-order valence-corrected chi connectivity index (χ4v) is 3.94. The number of hydrogen-bond donors (Lipinski definition) is 1. The van der Waals surface area contributed by atoms with Gasteiger partial charge in [0.15, 0.2) is 5.96 Å². The van der Waals surface area contributed by atoms with Crippen LogP contribution in [0.5, 0.6) is 0 Å². The molecule has 3 rings (SSSR count). The Morgan fingerprint density at radius 1 is 1.12 bits per heavy atom. The second kappa shape index (κ2) is 8.91. The van der Waals surface area contributed by atoms with Crippen LogP contribution >= 0.6 is 22.7 Å². The van der Waals surface area contributed by atoms with E-state index < -0.39 is 0 Å². The van der Waals surface area contributed by atoms with Crippen LogP contribution in [0.4, 0.5) is 0 Å². The van der Waals surface area contributed by atoms with Crippen molar-refractivity contribution in [2.24, 2.45) is 4.99 Å². The van der Waals surface area contributed by atoms with Crippen LogP contribution in [0.2, 0.25) is 0 Å². The van der Waals surface area contributed by atoms with E-state index in [0.717, 1.165) is 46.0 Å². The van der Waals surface area contributed by atoms with E-state index in [1.807, 2.05) is 32.2 Å². The van der Waals surface area contributed by atoms with Gasteiger partial charge in [0.25, 0.3) is 0 Å². The summed E-state index contributed by atoms with van der Waals surface area (Å²) in [5.41, 5.74) is 3.21. The summed E-state index contributed by atoms with van der Waals surface area (Å²) in [4.78, 5) is 16.1. The van der Waals surface area contributed by atoms with Crippen molar-refractivity contribution in [2.75, 3.05) is 13.6 Å². The molecule has 0 atom stereocenters. The molecule has 0 spiro atoms. The molecule has 0 saturated carbocycles. The van der Waals surface area contributed by atoms with Crippen LogP contribution in [0.1, 0.15) is 23.3 Å². The monoisotopic (exact) mass is 385 g/mol. The lowest BCUT2D eigenvalue weighted by atomic mass is 10.2. The highest BCUT2D eigenvalue weighted by Crippen LogP contribution is 2.23. The smallest absolute Gasteiger partial charge is 0.194 e. The van der Waals surface area contributed by atoms with Gasteiger partial charge < -0.3 is 10.2 Å². The second-order valence-electron chi connectivity index (χ2n) is 5.89. The molecular formula is C19H23N5S2. The Hall–Kier alpha value is -2.25. The summed E-state index contributed by atoms with van der Waals surface area (Å²) in [5, 5.41) is 9.65. The standard InChI is InChI=1S/C19H23N5S2/c1-4-20-19(24(3)11-17-13-25-14(2)22-17)21-10-16-12-26-18(23-16)15-8-6-5-7-9-15/h5-9,12-13H,4,10-11H2,1-3H3,(H,20,21). The Kier molecular flexibility index (Phi) is 6.35. The summed E-state index contributed by atoms with van der Waals surface area (Å²) in [6.07, 6.45) is 0. The summed E-state index contributed by atoms with van der Waals surface area (Å²) in [6, 6.07) is 10.3. The van der Waals surface area contributed by atoms with Crippen LogP contribution in [0, 0.1) is 6.92 Å². The van der Waals surface area contributed by atoms with Gasteiger partial charge in [0.2, 0.25) is 0 Å². The van der Waals surface area contributed by atoms with Crippen molar-refractivity contribution in [2.45, 2.75) is 26.9 Å². The molecule has 7 heteroatoms. The number of nitrogens with one attached hydrogen (secondary N) is 1. The fraction of sp³-hybridized carbons (Fsp3) is 0.316. The molecule has 2 heterocycles. The van der Waals surface area contributed by atoms with Crippen molar-refractivity contribution >= 4 is 28.6 Å². The predicted octanol–water partition coefficient (Wildman–Crippen LogP) is 4.17. The highest BCUT2D eigenvalue weighted by atomic mass is 32.1. The normalized spacial score (nSPS) is 11.6. The van der Waals surface area contributed by atoms with E-state index in [2.05, 4.69) is 45.0 Å².